The molecule has 0 bridgehead atoms. The molecule has 1 heterocycles. The van der Waals surface area contributed by atoms with Gasteiger partial charge in [0.05, 0.1) is 12.7 Å². The van der Waals surface area contributed by atoms with Gasteiger partial charge >= 0.3 is 5.97 Å². The molecule has 0 radical (unpaired) electrons. The third-order valence-corrected chi connectivity index (χ3v) is 5.01. The molecule has 0 aliphatic carbocycles. The summed E-state index contributed by atoms with van der Waals surface area (Å²) >= 11 is 4.50. The van der Waals surface area contributed by atoms with Gasteiger partial charge in [-0.1, -0.05) is 33.3 Å². The smallest absolute Gasteiger partial charge is 0.337 e. The SMILES string of the molecule is COC(=O)c1cccc(Nc2nc(N)c(C(=O)c3ccc(Br)cc3)s2)c1. The Kier molecular flexibility index (Phi) is 5.34. The number of anilines is 3. The number of methoxy groups -OCH3 is 1. The summed E-state index contributed by atoms with van der Waals surface area (Å²) in [7, 11) is 1.32. The average molecular weight is 432 g/mol. The van der Waals surface area contributed by atoms with Crippen LogP contribution in [0, 0.1) is 0 Å². The molecule has 3 N–H and O–H groups in total. The lowest BCUT2D eigenvalue weighted by molar-refractivity contribution is 0.0600. The monoisotopic (exact) mass is 431 g/mol. The second kappa shape index (κ2) is 7.67. The second-order valence-corrected chi connectivity index (χ2v) is 7.18. The highest BCUT2D eigenvalue weighted by atomic mass is 79.9. The quantitative estimate of drug-likeness (QED) is 0.463. The van der Waals surface area contributed by atoms with Crippen molar-refractivity contribution < 1.29 is 14.3 Å². The Bertz CT molecular complexity index is 970. The van der Waals surface area contributed by atoms with E-state index in [-0.39, 0.29) is 11.6 Å². The number of nitrogens with zero attached hydrogens (tertiary/aromatic N) is 1. The number of benzene rings is 2. The summed E-state index contributed by atoms with van der Waals surface area (Å²) in [5, 5.41) is 3.52. The van der Waals surface area contributed by atoms with Crippen LogP contribution in [-0.2, 0) is 4.74 Å². The van der Waals surface area contributed by atoms with Gasteiger partial charge in [-0.05, 0) is 42.5 Å². The summed E-state index contributed by atoms with van der Waals surface area (Å²) in [6.45, 7) is 0. The molecule has 2 aromatic carbocycles. The summed E-state index contributed by atoms with van der Waals surface area (Å²) in [4.78, 5) is 28.8. The number of nitrogens with one attached hydrogen (secondary N) is 1. The predicted molar refractivity (Wildman–Crippen MR) is 105 cm³/mol. The maximum absolute atomic E-state index is 12.6. The summed E-state index contributed by atoms with van der Waals surface area (Å²) in [6, 6.07) is 13.8. The molecule has 3 aromatic rings. The predicted octanol–water partition coefficient (Wildman–Crippen LogP) is 4.25. The van der Waals surface area contributed by atoms with Crippen LogP contribution in [0.2, 0.25) is 0 Å². The van der Waals surface area contributed by atoms with Crippen LogP contribution < -0.4 is 11.1 Å². The van der Waals surface area contributed by atoms with E-state index in [2.05, 4.69) is 26.2 Å². The maximum Gasteiger partial charge on any atom is 0.337 e. The molecule has 26 heavy (non-hydrogen) atoms. The van der Waals surface area contributed by atoms with E-state index in [9.17, 15) is 9.59 Å². The second-order valence-electron chi connectivity index (χ2n) is 5.27. The van der Waals surface area contributed by atoms with Crippen molar-refractivity contribution in [3.05, 3.63) is 69.0 Å². The fourth-order valence-corrected chi connectivity index (χ4v) is 3.38. The number of nitrogen functional groups attached to an aromatic ring is 1. The lowest BCUT2D eigenvalue weighted by Crippen LogP contribution is -2.02. The molecule has 0 fully saturated rings. The van der Waals surface area contributed by atoms with Gasteiger partial charge in [0.25, 0.3) is 0 Å². The molecular weight excluding hydrogens is 418 g/mol. The lowest BCUT2D eigenvalue weighted by atomic mass is 10.1. The van der Waals surface area contributed by atoms with E-state index < -0.39 is 5.97 Å². The van der Waals surface area contributed by atoms with E-state index >= 15 is 0 Å². The van der Waals surface area contributed by atoms with E-state index in [4.69, 9.17) is 10.5 Å². The molecule has 6 nitrogen and oxygen atoms in total. The van der Waals surface area contributed by atoms with Crippen LogP contribution >= 0.6 is 27.3 Å². The van der Waals surface area contributed by atoms with Crippen molar-refractivity contribution in [2.45, 2.75) is 0 Å². The van der Waals surface area contributed by atoms with E-state index in [0.29, 0.717) is 26.8 Å². The molecule has 0 spiro atoms. The van der Waals surface area contributed by atoms with Crippen LogP contribution in [0.15, 0.2) is 53.0 Å². The Morgan fingerprint density at radius 1 is 1.15 bits per heavy atom. The third kappa shape index (κ3) is 3.92. The average Bonchev–Trinajstić information content (AvgIpc) is 3.01. The van der Waals surface area contributed by atoms with Crippen LogP contribution in [0.4, 0.5) is 16.6 Å². The molecule has 1 aromatic heterocycles. The molecule has 0 atom stereocenters. The molecule has 132 valence electrons. The van der Waals surface area contributed by atoms with Crippen LogP contribution in [-0.4, -0.2) is 23.8 Å². The highest BCUT2D eigenvalue weighted by molar-refractivity contribution is 9.10. The number of ether oxygens (including phenoxy) is 1. The van der Waals surface area contributed by atoms with Crippen LogP contribution in [0.1, 0.15) is 25.6 Å². The van der Waals surface area contributed by atoms with E-state index in [1.54, 1.807) is 48.5 Å². The first kappa shape index (κ1) is 18.1. The Morgan fingerprint density at radius 3 is 2.58 bits per heavy atom. The number of aromatic nitrogens is 1. The van der Waals surface area contributed by atoms with Crippen molar-refractivity contribution in [1.82, 2.24) is 4.98 Å². The third-order valence-electron chi connectivity index (χ3n) is 3.50. The number of rotatable bonds is 5. The number of esters is 1. The standard InChI is InChI=1S/C18H14BrN3O3S/c1-25-17(24)11-3-2-4-13(9-11)21-18-22-16(20)15(26-18)14(23)10-5-7-12(19)8-6-10/h2-9H,20H2,1H3,(H,21,22). The number of halogens is 1. The van der Waals surface area contributed by atoms with Crippen molar-refractivity contribution in [1.29, 1.82) is 0 Å². The minimum absolute atomic E-state index is 0.162. The van der Waals surface area contributed by atoms with Gasteiger partial charge in [0, 0.05) is 15.7 Å². The summed E-state index contributed by atoms with van der Waals surface area (Å²) < 4.78 is 5.59. The van der Waals surface area contributed by atoms with Gasteiger partial charge in [-0.25, -0.2) is 9.78 Å². The first-order valence-electron chi connectivity index (χ1n) is 7.50. The number of carbonyl (C=O) groups is 2. The van der Waals surface area contributed by atoms with Gasteiger partial charge in [0.15, 0.2) is 5.13 Å². The number of ketones is 1. The zero-order chi connectivity index (χ0) is 18.7. The lowest BCUT2D eigenvalue weighted by Gasteiger charge is -2.04. The van der Waals surface area contributed by atoms with Gasteiger partial charge in [0.2, 0.25) is 5.78 Å². The first-order chi connectivity index (χ1) is 12.5. The van der Waals surface area contributed by atoms with Gasteiger partial charge in [-0.2, -0.15) is 0 Å². The molecule has 0 saturated carbocycles. The van der Waals surface area contributed by atoms with Crippen molar-refractivity contribution in [3.63, 3.8) is 0 Å². The molecule has 0 amide bonds. The molecule has 8 heteroatoms. The van der Waals surface area contributed by atoms with Gasteiger partial charge < -0.3 is 15.8 Å². The molecule has 0 aliphatic heterocycles. The minimum Gasteiger partial charge on any atom is -0.465 e. The van der Waals surface area contributed by atoms with Crippen molar-refractivity contribution in [2.24, 2.45) is 0 Å². The topological polar surface area (TPSA) is 94.3 Å². The maximum atomic E-state index is 12.6. The number of nitrogens with two attached hydrogens (primary N) is 1. The van der Waals surface area contributed by atoms with Crippen LogP contribution in [0.5, 0.6) is 0 Å². The molecule has 0 saturated heterocycles. The first-order valence-corrected chi connectivity index (χ1v) is 9.11. The Labute approximate surface area is 162 Å². The van der Waals surface area contributed by atoms with Gasteiger partial charge in [0.1, 0.15) is 10.7 Å². The number of carbonyl (C=O) groups excluding carboxylic acids is 2. The van der Waals surface area contributed by atoms with E-state index in [1.807, 2.05) is 0 Å². The molecular formula is C18H14BrN3O3S. The fourth-order valence-electron chi connectivity index (χ4n) is 2.25. The van der Waals surface area contributed by atoms with Crippen molar-refractivity contribution in [3.8, 4) is 0 Å². The summed E-state index contributed by atoms with van der Waals surface area (Å²) in [5.74, 6) is -0.461. The minimum atomic E-state index is -0.432. The highest BCUT2D eigenvalue weighted by Crippen LogP contribution is 2.30. The largest absolute Gasteiger partial charge is 0.465 e. The van der Waals surface area contributed by atoms with Gasteiger partial charge in [-0.3, -0.25) is 4.79 Å². The summed E-state index contributed by atoms with van der Waals surface area (Å²) in [6.07, 6.45) is 0. The number of hydrogen-bond acceptors (Lipinski definition) is 7. The Hall–Kier alpha value is -2.71. The number of hydrogen-bond donors (Lipinski definition) is 2. The highest BCUT2D eigenvalue weighted by Gasteiger charge is 2.18. The summed E-state index contributed by atoms with van der Waals surface area (Å²) in [5.41, 5.74) is 7.50. The normalized spacial score (nSPS) is 10.4. The van der Waals surface area contributed by atoms with Crippen molar-refractivity contribution >= 4 is 55.7 Å². The van der Waals surface area contributed by atoms with E-state index in [1.165, 1.54) is 7.11 Å². The fraction of sp³-hybridized carbons (Fsp3) is 0.0556. The zero-order valence-electron chi connectivity index (χ0n) is 13.7. The van der Waals surface area contributed by atoms with Gasteiger partial charge in [-0.15, -0.1) is 0 Å². The van der Waals surface area contributed by atoms with Crippen LogP contribution in [0.3, 0.4) is 0 Å². The van der Waals surface area contributed by atoms with E-state index in [0.717, 1.165) is 15.8 Å². The molecule has 0 aliphatic rings. The molecule has 3 rings (SSSR count). The van der Waals surface area contributed by atoms with Crippen LogP contribution in [0.25, 0.3) is 0 Å². The van der Waals surface area contributed by atoms with Crippen molar-refractivity contribution in [2.75, 3.05) is 18.2 Å². The Morgan fingerprint density at radius 2 is 1.88 bits per heavy atom. The number of thiazole rings is 1. The Balaban J connectivity index is 1.83. The molecule has 0 unspecified atom stereocenters. The zero-order valence-corrected chi connectivity index (χ0v) is 16.1.